The van der Waals surface area contributed by atoms with Crippen LogP contribution in [0.1, 0.15) is 51.4 Å². The molecule has 0 bridgehead atoms. The highest BCUT2D eigenvalue weighted by atomic mass is 16.5. The molecular formula is C16H28N2O3. The number of amides is 1. The van der Waals surface area contributed by atoms with Crippen LogP contribution in [0.5, 0.6) is 0 Å². The number of rotatable bonds is 8. The molecule has 0 aromatic heterocycles. The molecule has 5 heteroatoms. The molecule has 1 N–H and O–H groups in total. The highest BCUT2D eigenvalue weighted by Gasteiger charge is 2.29. The van der Waals surface area contributed by atoms with Crippen LogP contribution in [0.3, 0.4) is 0 Å². The molecule has 0 spiro atoms. The molecule has 0 heterocycles. The number of methoxy groups -OCH3 is 1. The molecule has 2 saturated carbocycles. The van der Waals surface area contributed by atoms with Gasteiger partial charge in [-0.15, -0.1) is 0 Å². The second kappa shape index (κ2) is 8.37. The number of nitrogens with zero attached hydrogens (tertiary/aromatic N) is 1. The zero-order valence-corrected chi connectivity index (χ0v) is 13.1. The molecule has 0 aliphatic heterocycles. The average molecular weight is 296 g/mol. The maximum absolute atomic E-state index is 11.8. The van der Waals surface area contributed by atoms with Crippen LogP contribution in [0.25, 0.3) is 0 Å². The van der Waals surface area contributed by atoms with Crippen LogP contribution in [0.15, 0.2) is 0 Å². The van der Waals surface area contributed by atoms with E-state index in [0.29, 0.717) is 12.5 Å². The van der Waals surface area contributed by atoms with Crippen molar-refractivity contribution in [1.82, 2.24) is 10.2 Å². The monoisotopic (exact) mass is 296 g/mol. The van der Waals surface area contributed by atoms with Crippen molar-refractivity contribution in [2.45, 2.75) is 57.4 Å². The molecule has 0 radical (unpaired) electrons. The number of ether oxygens (including phenoxy) is 1. The average Bonchev–Trinajstić information content (AvgIpc) is 3.33. The van der Waals surface area contributed by atoms with E-state index >= 15 is 0 Å². The number of carbonyl (C=O) groups is 2. The van der Waals surface area contributed by atoms with E-state index in [1.807, 2.05) is 0 Å². The second-order valence-electron chi connectivity index (χ2n) is 6.33. The van der Waals surface area contributed by atoms with Gasteiger partial charge in [-0.05, 0) is 31.6 Å². The van der Waals surface area contributed by atoms with Gasteiger partial charge >= 0.3 is 5.97 Å². The van der Waals surface area contributed by atoms with Crippen LogP contribution in [0, 0.1) is 5.92 Å². The Morgan fingerprint density at radius 1 is 1.14 bits per heavy atom. The summed E-state index contributed by atoms with van der Waals surface area (Å²) >= 11 is 0. The number of esters is 1. The first-order valence-corrected chi connectivity index (χ1v) is 8.26. The van der Waals surface area contributed by atoms with Crippen LogP contribution >= 0.6 is 0 Å². The van der Waals surface area contributed by atoms with Crippen LogP contribution in [-0.2, 0) is 14.3 Å². The van der Waals surface area contributed by atoms with Crippen molar-refractivity contribution in [3.63, 3.8) is 0 Å². The third-order valence-corrected chi connectivity index (χ3v) is 4.56. The Morgan fingerprint density at radius 3 is 2.48 bits per heavy atom. The van der Waals surface area contributed by atoms with E-state index in [0.717, 1.165) is 19.0 Å². The third kappa shape index (κ3) is 6.04. The van der Waals surface area contributed by atoms with Gasteiger partial charge in [-0.1, -0.05) is 19.3 Å². The Hall–Kier alpha value is -1.10. The van der Waals surface area contributed by atoms with Gasteiger partial charge in [0.2, 0.25) is 5.91 Å². The molecule has 0 unspecified atom stereocenters. The van der Waals surface area contributed by atoms with E-state index in [-0.39, 0.29) is 12.5 Å². The summed E-state index contributed by atoms with van der Waals surface area (Å²) in [6, 6.07) is 0.660. The molecule has 0 atom stereocenters. The lowest BCUT2D eigenvalue weighted by atomic mass is 9.94. The lowest BCUT2D eigenvalue weighted by Gasteiger charge is -2.34. The van der Waals surface area contributed by atoms with E-state index < -0.39 is 5.97 Å². The van der Waals surface area contributed by atoms with Crippen molar-refractivity contribution < 1.29 is 14.3 Å². The van der Waals surface area contributed by atoms with Crippen LogP contribution < -0.4 is 5.32 Å². The van der Waals surface area contributed by atoms with E-state index in [1.54, 1.807) is 0 Å². The first-order valence-electron chi connectivity index (χ1n) is 8.26. The minimum Gasteiger partial charge on any atom is -0.468 e. The van der Waals surface area contributed by atoms with Gasteiger partial charge < -0.3 is 10.1 Å². The molecule has 1 amide bonds. The summed E-state index contributed by atoms with van der Waals surface area (Å²) in [5.74, 6) is 0.396. The Morgan fingerprint density at radius 2 is 1.86 bits per heavy atom. The Kier molecular flexibility index (Phi) is 6.49. The molecular weight excluding hydrogens is 268 g/mol. The van der Waals surface area contributed by atoms with Gasteiger partial charge in [-0.2, -0.15) is 0 Å². The molecule has 2 rings (SSSR count). The van der Waals surface area contributed by atoms with Crippen molar-refractivity contribution in [1.29, 1.82) is 0 Å². The zero-order valence-electron chi connectivity index (χ0n) is 13.1. The summed E-state index contributed by atoms with van der Waals surface area (Å²) < 4.78 is 4.52. The summed E-state index contributed by atoms with van der Waals surface area (Å²) in [5.41, 5.74) is 0. The normalized spacial score (nSPS) is 19.5. The predicted octanol–water partition coefficient (Wildman–Crippen LogP) is 1.71. The minimum absolute atomic E-state index is 0.0264. The Balaban J connectivity index is 1.72. The highest BCUT2D eigenvalue weighted by Crippen LogP contribution is 2.32. The molecule has 0 aromatic rings. The van der Waals surface area contributed by atoms with Crippen molar-refractivity contribution in [3.8, 4) is 0 Å². The number of hydrogen-bond donors (Lipinski definition) is 1. The molecule has 21 heavy (non-hydrogen) atoms. The molecule has 120 valence electrons. The zero-order chi connectivity index (χ0) is 15.1. The lowest BCUT2D eigenvalue weighted by molar-refractivity contribution is -0.141. The van der Waals surface area contributed by atoms with Crippen LogP contribution in [0.2, 0.25) is 0 Å². The molecule has 2 fully saturated rings. The summed E-state index contributed by atoms with van der Waals surface area (Å²) in [6.07, 6.45) is 9.71. The first-order chi connectivity index (χ1) is 10.2. The van der Waals surface area contributed by atoms with Crippen molar-refractivity contribution >= 4 is 11.9 Å². The summed E-state index contributed by atoms with van der Waals surface area (Å²) in [5, 5.41) is 2.62. The number of carbonyl (C=O) groups excluding carboxylic acids is 2. The standard InChI is InChI=1S/C16H28N2O3/c1-21-16(20)11-17-15(19)9-10-18(12-13-7-8-13)14-5-3-2-4-6-14/h13-14H,2-12H2,1H3,(H,17,19). The molecule has 5 nitrogen and oxygen atoms in total. The molecule has 0 saturated heterocycles. The van der Waals surface area contributed by atoms with E-state index in [9.17, 15) is 9.59 Å². The minimum atomic E-state index is -0.398. The van der Waals surface area contributed by atoms with Gasteiger partial charge in [0, 0.05) is 25.6 Å². The van der Waals surface area contributed by atoms with E-state index in [4.69, 9.17) is 0 Å². The predicted molar refractivity (Wildman–Crippen MR) is 80.8 cm³/mol. The SMILES string of the molecule is COC(=O)CNC(=O)CCN(CC1CC1)C1CCCCC1. The summed E-state index contributed by atoms with van der Waals surface area (Å²) in [6.45, 7) is 1.94. The fraction of sp³-hybridized carbons (Fsp3) is 0.875. The van der Waals surface area contributed by atoms with Crippen molar-refractivity contribution in [2.75, 3.05) is 26.7 Å². The Bertz CT molecular complexity index is 349. The second-order valence-corrected chi connectivity index (χ2v) is 6.33. The lowest BCUT2D eigenvalue weighted by Crippen LogP contribution is -2.41. The largest absolute Gasteiger partial charge is 0.468 e. The van der Waals surface area contributed by atoms with Gasteiger partial charge in [0.15, 0.2) is 0 Å². The van der Waals surface area contributed by atoms with Gasteiger partial charge in [-0.25, -0.2) is 0 Å². The van der Waals surface area contributed by atoms with Gasteiger partial charge in [0.05, 0.1) is 7.11 Å². The van der Waals surface area contributed by atoms with Gasteiger partial charge in [-0.3, -0.25) is 14.5 Å². The summed E-state index contributed by atoms with van der Waals surface area (Å²) in [4.78, 5) is 25.3. The Labute approximate surface area is 127 Å². The maximum atomic E-state index is 11.8. The van der Waals surface area contributed by atoms with E-state index in [1.165, 1.54) is 52.1 Å². The molecule has 0 aromatic carbocycles. The summed E-state index contributed by atoms with van der Waals surface area (Å²) in [7, 11) is 1.33. The van der Waals surface area contributed by atoms with Gasteiger partial charge in [0.25, 0.3) is 0 Å². The molecule has 2 aliphatic carbocycles. The fourth-order valence-corrected chi connectivity index (χ4v) is 3.08. The number of hydrogen-bond acceptors (Lipinski definition) is 4. The third-order valence-electron chi connectivity index (χ3n) is 4.56. The quantitative estimate of drug-likeness (QED) is 0.693. The van der Waals surface area contributed by atoms with E-state index in [2.05, 4.69) is 15.0 Å². The van der Waals surface area contributed by atoms with Crippen LogP contribution in [0.4, 0.5) is 0 Å². The van der Waals surface area contributed by atoms with Gasteiger partial charge in [0.1, 0.15) is 6.54 Å². The maximum Gasteiger partial charge on any atom is 0.325 e. The smallest absolute Gasteiger partial charge is 0.325 e. The fourth-order valence-electron chi connectivity index (χ4n) is 3.08. The molecule has 2 aliphatic rings. The number of nitrogens with one attached hydrogen (secondary N) is 1. The topological polar surface area (TPSA) is 58.6 Å². The first kappa shape index (κ1) is 16.3. The van der Waals surface area contributed by atoms with Crippen LogP contribution in [-0.4, -0.2) is 49.6 Å². The highest BCUT2D eigenvalue weighted by molar-refractivity contribution is 5.81. The van der Waals surface area contributed by atoms with Crippen molar-refractivity contribution in [3.05, 3.63) is 0 Å². The van der Waals surface area contributed by atoms with Crippen molar-refractivity contribution in [2.24, 2.45) is 5.92 Å².